The first kappa shape index (κ1) is 24.1. The topological polar surface area (TPSA) is 89.9 Å². The van der Waals surface area contributed by atoms with Gasteiger partial charge in [-0.3, -0.25) is 4.55 Å². The smallest absolute Gasteiger partial charge is 0.419 e. The molecule has 1 aromatic rings. The van der Waals surface area contributed by atoms with Crippen molar-refractivity contribution in [2.45, 2.75) is 50.8 Å². The molecule has 0 spiro atoms. The SMILES string of the molecule is C=C(C)C1(Oc2cc(C(=O)OCCS(=O)(=O)O)ccc2C(F)(F)F)CC2CC1C1CCCC21. The highest BCUT2D eigenvalue weighted by molar-refractivity contribution is 7.85. The van der Waals surface area contributed by atoms with Gasteiger partial charge in [-0.05, 0) is 74.1 Å². The van der Waals surface area contributed by atoms with E-state index in [1.807, 2.05) is 0 Å². The van der Waals surface area contributed by atoms with E-state index in [4.69, 9.17) is 14.0 Å². The Labute approximate surface area is 190 Å². The van der Waals surface area contributed by atoms with Gasteiger partial charge in [0.1, 0.15) is 23.7 Å². The molecule has 6 nitrogen and oxygen atoms in total. The minimum Gasteiger partial charge on any atom is -0.482 e. The van der Waals surface area contributed by atoms with Gasteiger partial charge >= 0.3 is 12.1 Å². The standard InChI is InChI=1S/C23H27F3O6S/c1-13(2)22(12-15-10-19(22)17-5-3-4-16(15)17)32-20-11-14(6-7-18(20)23(24,25)26)21(27)31-8-9-33(28,29)30/h6-7,11,15-17,19H,1,3-5,8-10,12H2,2H3,(H,28,29,30). The summed E-state index contributed by atoms with van der Waals surface area (Å²) in [5, 5.41) is 0. The molecule has 5 unspecified atom stereocenters. The van der Waals surface area contributed by atoms with E-state index in [-0.39, 0.29) is 11.5 Å². The molecule has 0 radical (unpaired) electrons. The summed E-state index contributed by atoms with van der Waals surface area (Å²) >= 11 is 0. The van der Waals surface area contributed by atoms with Crippen molar-refractivity contribution >= 4 is 16.1 Å². The summed E-state index contributed by atoms with van der Waals surface area (Å²) in [5.74, 6) is -0.809. The van der Waals surface area contributed by atoms with Gasteiger partial charge < -0.3 is 9.47 Å². The van der Waals surface area contributed by atoms with Crippen LogP contribution >= 0.6 is 0 Å². The Bertz CT molecular complexity index is 1070. The van der Waals surface area contributed by atoms with Crippen LogP contribution in [0, 0.1) is 23.7 Å². The fourth-order valence-electron chi connectivity index (χ4n) is 6.27. The average molecular weight is 489 g/mol. The van der Waals surface area contributed by atoms with Crippen molar-refractivity contribution in [3.05, 3.63) is 41.5 Å². The molecule has 3 saturated carbocycles. The minimum absolute atomic E-state index is 0.0824. The predicted molar refractivity (Wildman–Crippen MR) is 113 cm³/mol. The fraction of sp³-hybridized carbons (Fsp3) is 0.609. The van der Waals surface area contributed by atoms with Gasteiger partial charge in [0.05, 0.1) is 11.1 Å². The van der Waals surface area contributed by atoms with Crippen LogP contribution in [0.2, 0.25) is 0 Å². The van der Waals surface area contributed by atoms with E-state index in [1.165, 1.54) is 0 Å². The van der Waals surface area contributed by atoms with Crippen molar-refractivity contribution in [3.63, 3.8) is 0 Å². The highest BCUT2D eigenvalue weighted by atomic mass is 32.2. The van der Waals surface area contributed by atoms with Gasteiger partial charge in [0.2, 0.25) is 0 Å². The molecule has 5 atom stereocenters. The van der Waals surface area contributed by atoms with Gasteiger partial charge in [0.15, 0.2) is 0 Å². The Morgan fingerprint density at radius 2 is 1.97 bits per heavy atom. The van der Waals surface area contributed by atoms with E-state index in [1.54, 1.807) is 6.92 Å². The maximum atomic E-state index is 13.8. The van der Waals surface area contributed by atoms with Crippen LogP contribution in [0.3, 0.4) is 0 Å². The molecule has 182 valence electrons. The van der Waals surface area contributed by atoms with Crippen LogP contribution in [0.25, 0.3) is 0 Å². The fourth-order valence-corrected chi connectivity index (χ4v) is 6.57. The lowest BCUT2D eigenvalue weighted by atomic mass is 9.70. The summed E-state index contributed by atoms with van der Waals surface area (Å²) in [6.07, 6.45) is 0.114. The van der Waals surface area contributed by atoms with Crippen LogP contribution in [0.15, 0.2) is 30.4 Å². The predicted octanol–water partition coefficient (Wildman–Crippen LogP) is 4.90. The molecular weight excluding hydrogens is 461 g/mol. The van der Waals surface area contributed by atoms with Crippen LogP contribution in [-0.4, -0.2) is 36.9 Å². The lowest BCUT2D eigenvalue weighted by molar-refractivity contribution is -0.140. The number of carbonyl (C=O) groups excluding carboxylic acids is 1. The lowest BCUT2D eigenvalue weighted by Gasteiger charge is -2.44. The molecule has 0 heterocycles. The first-order valence-corrected chi connectivity index (χ1v) is 12.6. The van der Waals surface area contributed by atoms with Crippen LogP contribution in [-0.2, 0) is 21.0 Å². The van der Waals surface area contributed by atoms with Crippen molar-refractivity contribution in [2.75, 3.05) is 12.4 Å². The Morgan fingerprint density at radius 3 is 2.61 bits per heavy atom. The molecule has 3 aliphatic carbocycles. The summed E-state index contributed by atoms with van der Waals surface area (Å²) in [6, 6.07) is 2.74. The molecule has 33 heavy (non-hydrogen) atoms. The van der Waals surface area contributed by atoms with E-state index >= 15 is 0 Å². The van der Waals surface area contributed by atoms with Gasteiger partial charge in [-0.25, -0.2) is 4.79 Å². The zero-order chi connectivity index (χ0) is 24.2. The molecule has 0 aliphatic heterocycles. The average Bonchev–Trinajstić information content (AvgIpc) is 3.38. The normalized spacial score (nSPS) is 30.8. The zero-order valence-corrected chi connectivity index (χ0v) is 19.0. The largest absolute Gasteiger partial charge is 0.482 e. The van der Waals surface area contributed by atoms with E-state index < -0.39 is 51.5 Å². The van der Waals surface area contributed by atoms with Crippen molar-refractivity contribution in [3.8, 4) is 5.75 Å². The molecular formula is C23H27F3O6S. The van der Waals surface area contributed by atoms with Gasteiger partial charge in [-0.2, -0.15) is 21.6 Å². The van der Waals surface area contributed by atoms with E-state index in [0.717, 1.165) is 43.9 Å². The van der Waals surface area contributed by atoms with Gasteiger partial charge in [0, 0.05) is 5.92 Å². The maximum absolute atomic E-state index is 13.8. The Kier molecular flexibility index (Phi) is 6.05. The summed E-state index contributed by atoms with van der Waals surface area (Å²) in [6.45, 7) is 5.23. The second-order valence-corrected chi connectivity index (χ2v) is 11.0. The van der Waals surface area contributed by atoms with Gasteiger partial charge in [-0.15, -0.1) is 0 Å². The number of ether oxygens (including phenoxy) is 2. The Balaban J connectivity index is 1.64. The lowest BCUT2D eigenvalue weighted by Crippen LogP contribution is -2.47. The third-order valence-electron chi connectivity index (χ3n) is 7.58. The zero-order valence-electron chi connectivity index (χ0n) is 18.2. The van der Waals surface area contributed by atoms with Crippen LogP contribution in [0.1, 0.15) is 54.9 Å². The first-order chi connectivity index (χ1) is 15.3. The van der Waals surface area contributed by atoms with E-state index in [9.17, 15) is 26.4 Å². The second kappa shape index (κ2) is 8.30. The highest BCUT2D eigenvalue weighted by Crippen LogP contribution is 2.65. The maximum Gasteiger partial charge on any atom is 0.419 e. The number of rotatable bonds is 7. The van der Waals surface area contributed by atoms with Gasteiger partial charge in [-0.1, -0.05) is 13.0 Å². The van der Waals surface area contributed by atoms with Crippen LogP contribution in [0.5, 0.6) is 5.75 Å². The molecule has 10 heteroatoms. The molecule has 4 rings (SSSR count). The number of benzene rings is 1. The summed E-state index contributed by atoms with van der Waals surface area (Å²) in [7, 11) is -4.34. The third-order valence-corrected chi connectivity index (χ3v) is 8.26. The molecule has 1 aromatic carbocycles. The molecule has 0 saturated heterocycles. The number of carbonyl (C=O) groups is 1. The van der Waals surface area contributed by atoms with E-state index in [0.29, 0.717) is 29.7 Å². The molecule has 0 amide bonds. The highest BCUT2D eigenvalue weighted by Gasteiger charge is 2.63. The van der Waals surface area contributed by atoms with Crippen molar-refractivity contribution < 1.29 is 40.4 Å². The van der Waals surface area contributed by atoms with Crippen molar-refractivity contribution in [1.82, 2.24) is 0 Å². The molecule has 3 fully saturated rings. The second-order valence-electron chi connectivity index (χ2n) is 9.47. The number of hydrogen-bond donors (Lipinski definition) is 1. The third kappa shape index (κ3) is 4.51. The quantitative estimate of drug-likeness (QED) is 0.334. The molecule has 1 N–H and O–H groups in total. The van der Waals surface area contributed by atoms with Crippen molar-refractivity contribution in [1.29, 1.82) is 0 Å². The Hall–Kier alpha value is -2.07. The van der Waals surface area contributed by atoms with Crippen LogP contribution in [0.4, 0.5) is 13.2 Å². The number of fused-ring (bicyclic) bond motifs is 5. The number of hydrogen-bond acceptors (Lipinski definition) is 5. The molecule has 3 aliphatic rings. The van der Waals surface area contributed by atoms with Crippen molar-refractivity contribution in [2.24, 2.45) is 23.7 Å². The number of alkyl halides is 3. The number of esters is 1. The Morgan fingerprint density at radius 1 is 1.27 bits per heavy atom. The number of halogens is 3. The van der Waals surface area contributed by atoms with Crippen LogP contribution < -0.4 is 4.74 Å². The summed E-state index contributed by atoms with van der Waals surface area (Å²) < 4.78 is 82.8. The van der Waals surface area contributed by atoms with Gasteiger partial charge in [0.25, 0.3) is 10.1 Å². The molecule has 2 bridgehead atoms. The minimum atomic E-state index is -4.70. The molecule has 0 aromatic heterocycles. The first-order valence-electron chi connectivity index (χ1n) is 11.0. The van der Waals surface area contributed by atoms with E-state index in [2.05, 4.69) is 6.58 Å². The summed E-state index contributed by atoms with van der Waals surface area (Å²) in [4.78, 5) is 12.3. The monoisotopic (exact) mass is 488 g/mol. The summed E-state index contributed by atoms with van der Waals surface area (Å²) in [5.41, 5.74) is -1.45.